The number of sulfonamides is 1. The van der Waals surface area contributed by atoms with Gasteiger partial charge in [0.15, 0.2) is 4.90 Å². The first-order valence-electron chi connectivity index (χ1n) is 5.93. The van der Waals surface area contributed by atoms with E-state index in [2.05, 4.69) is 10.0 Å². The van der Waals surface area contributed by atoms with Crippen molar-refractivity contribution < 1.29 is 13.3 Å². The Balaban J connectivity index is 2.45. The van der Waals surface area contributed by atoms with E-state index in [4.69, 9.17) is 0 Å². The minimum atomic E-state index is -3.86. The first-order valence-corrected chi connectivity index (χ1v) is 7.41. The SMILES string of the molecule is CNc1cccc(S(=O)(=O)NC2CCC2)c1[N+](=O)[O-]. The quantitative estimate of drug-likeness (QED) is 0.630. The number of nitrogens with one attached hydrogen (secondary N) is 2. The summed E-state index contributed by atoms with van der Waals surface area (Å²) in [6.45, 7) is 0. The molecular formula is C11H15N3O4S. The van der Waals surface area contributed by atoms with E-state index < -0.39 is 20.6 Å². The van der Waals surface area contributed by atoms with E-state index in [9.17, 15) is 18.5 Å². The molecule has 1 saturated carbocycles. The van der Waals surface area contributed by atoms with Gasteiger partial charge in [-0.1, -0.05) is 12.5 Å². The van der Waals surface area contributed by atoms with Gasteiger partial charge in [-0.25, -0.2) is 13.1 Å². The lowest BCUT2D eigenvalue weighted by Crippen LogP contribution is -2.39. The monoisotopic (exact) mass is 285 g/mol. The zero-order chi connectivity index (χ0) is 14.0. The lowest BCUT2D eigenvalue weighted by Gasteiger charge is -2.26. The summed E-state index contributed by atoms with van der Waals surface area (Å²) >= 11 is 0. The summed E-state index contributed by atoms with van der Waals surface area (Å²) in [7, 11) is -2.35. The molecule has 2 N–H and O–H groups in total. The van der Waals surface area contributed by atoms with E-state index >= 15 is 0 Å². The standard InChI is InChI=1S/C11H15N3O4S/c1-12-9-6-3-7-10(11(9)14(15)16)19(17,18)13-8-4-2-5-8/h3,6-8,12-13H,2,4-5H2,1H3. The molecule has 104 valence electrons. The van der Waals surface area contributed by atoms with Crippen LogP contribution >= 0.6 is 0 Å². The van der Waals surface area contributed by atoms with Crippen LogP contribution in [0.5, 0.6) is 0 Å². The predicted molar refractivity (Wildman–Crippen MR) is 70.6 cm³/mol. The Morgan fingerprint density at radius 1 is 1.37 bits per heavy atom. The van der Waals surface area contributed by atoms with Crippen LogP contribution in [0.3, 0.4) is 0 Å². The van der Waals surface area contributed by atoms with Crippen LogP contribution in [-0.2, 0) is 10.0 Å². The highest BCUT2D eigenvalue weighted by molar-refractivity contribution is 7.89. The van der Waals surface area contributed by atoms with Gasteiger partial charge in [-0.05, 0) is 25.0 Å². The van der Waals surface area contributed by atoms with Crippen molar-refractivity contribution >= 4 is 21.4 Å². The number of nitro benzene ring substituents is 1. The number of hydrogen-bond donors (Lipinski definition) is 2. The molecule has 7 nitrogen and oxygen atoms in total. The largest absolute Gasteiger partial charge is 0.383 e. The number of hydrogen-bond acceptors (Lipinski definition) is 5. The summed E-state index contributed by atoms with van der Waals surface area (Å²) in [5.41, 5.74) is -0.238. The second-order valence-electron chi connectivity index (χ2n) is 4.41. The number of rotatable bonds is 5. The third-order valence-electron chi connectivity index (χ3n) is 3.17. The average molecular weight is 285 g/mol. The molecule has 0 spiro atoms. The summed E-state index contributed by atoms with van der Waals surface area (Å²) in [5.74, 6) is 0. The first kappa shape index (κ1) is 13.8. The van der Waals surface area contributed by atoms with E-state index in [1.165, 1.54) is 25.2 Å². The maximum atomic E-state index is 12.2. The van der Waals surface area contributed by atoms with Gasteiger partial charge in [0, 0.05) is 13.1 Å². The van der Waals surface area contributed by atoms with Gasteiger partial charge in [0.2, 0.25) is 10.0 Å². The maximum absolute atomic E-state index is 12.2. The predicted octanol–water partition coefficient (Wildman–Crippen LogP) is 1.47. The van der Waals surface area contributed by atoms with Gasteiger partial charge in [-0.2, -0.15) is 0 Å². The van der Waals surface area contributed by atoms with Crippen molar-refractivity contribution in [3.05, 3.63) is 28.3 Å². The van der Waals surface area contributed by atoms with Gasteiger partial charge < -0.3 is 5.32 Å². The molecule has 0 saturated heterocycles. The van der Waals surface area contributed by atoms with Crippen LogP contribution in [0.1, 0.15) is 19.3 Å². The third kappa shape index (κ3) is 2.69. The van der Waals surface area contributed by atoms with Crippen molar-refractivity contribution in [2.45, 2.75) is 30.2 Å². The van der Waals surface area contributed by atoms with Crippen molar-refractivity contribution in [3.8, 4) is 0 Å². The first-order chi connectivity index (χ1) is 8.95. The van der Waals surface area contributed by atoms with Crippen LogP contribution < -0.4 is 10.0 Å². The summed E-state index contributed by atoms with van der Waals surface area (Å²) in [6, 6.07) is 4.09. The highest BCUT2D eigenvalue weighted by Gasteiger charge is 2.31. The smallest absolute Gasteiger partial charge is 0.312 e. The number of para-hydroxylation sites is 1. The molecule has 0 radical (unpaired) electrons. The van der Waals surface area contributed by atoms with E-state index in [1.54, 1.807) is 0 Å². The maximum Gasteiger partial charge on any atom is 0.312 e. The van der Waals surface area contributed by atoms with Crippen LogP contribution in [0.4, 0.5) is 11.4 Å². The zero-order valence-corrected chi connectivity index (χ0v) is 11.2. The number of nitro groups is 1. The molecule has 0 aromatic heterocycles. The summed E-state index contributed by atoms with van der Waals surface area (Å²) in [6.07, 6.45) is 2.53. The van der Waals surface area contributed by atoms with Gasteiger partial charge in [0.05, 0.1) is 4.92 Å². The van der Waals surface area contributed by atoms with Gasteiger partial charge >= 0.3 is 5.69 Å². The molecule has 1 fully saturated rings. The third-order valence-corrected chi connectivity index (χ3v) is 4.72. The fourth-order valence-electron chi connectivity index (χ4n) is 1.94. The lowest BCUT2D eigenvalue weighted by atomic mass is 9.94. The topological polar surface area (TPSA) is 101 Å². The van der Waals surface area contributed by atoms with Crippen LogP contribution in [0.2, 0.25) is 0 Å². The molecule has 8 heteroatoms. The molecule has 0 bridgehead atoms. The van der Waals surface area contributed by atoms with Crippen molar-refractivity contribution in [1.29, 1.82) is 0 Å². The molecule has 1 aromatic carbocycles. The molecule has 1 aliphatic carbocycles. The normalized spacial score (nSPS) is 15.8. The molecule has 0 heterocycles. The highest BCUT2D eigenvalue weighted by Crippen LogP contribution is 2.32. The molecular weight excluding hydrogens is 270 g/mol. The average Bonchev–Trinajstić information content (AvgIpc) is 2.33. The molecule has 1 aliphatic rings. The van der Waals surface area contributed by atoms with Crippen LogP contribution in [0.15, 0.2) is 23.1 Å². The van der Waals surface area contributed by atoms with Crippen molar-refractivity contribution in [3.63, 3.8) is 0 Å². The van der Waals surface area contributed by atoms with E-state index in [-0.39, 0.29) is 16.6 Å². The van der Waals surface area contributed by atoms with Gasteiger partial charge in [-0.3, -0.25) is 10.1 Å². The Hall–Kier alpha value is -1.67. The Bertz CT molecular complexity index is 596. The molecule has 2 rings (SSSR count). The number of nitrogens with zero attached hydrogens (tertiary/aromatic N) is 1. The fourth-order valence-corrected chi connectivity index (χ4v) is 3.44. The minimum absolute atomic E-state index is 0.108. The molecule has 0 amide bonds. The van der Waals surface area contributed by atoms with E-state index in [1.807, 2.05) is 0 Å². The van der Waals surface area contributed by atoms with Gasteiger partial charge in [-0.15, -0.1) is 0 Å². The second-order valence-corrected chi connectivity index (χ2v) is 6.09. The molecule has 0 aliphatic heterocycles. The minimum Gasteiger partial charge on any atom is -0.383 e. The van der Waals surface area contributed by atoms with Crippen molar-refractivity contribution in [1.82, 2.24) is 4.72 Å². The van der Waals surface area contributed by atoms with Crippen LogP contribution in [0.25, 0.3) is 0 Å². The molecule has 0 atom stereocenters. The molecule has 1 aromatic rings. The Kier molecular flexibility index (Phi) is 3.72. The summed E-state index contributed by atoms with van der Waals surface area (Å²) in [5, 5.41) is 13.7. The van der Waals surface area contributed by atoms with Crippen LogP contribution in [-0.4, -0.2) is 26.4 Å². The molecule has 19 heavy (non-hydrogen) atoms. The van der Waals surface area contributed by atoms with Crippen molar-refractivity contribution in [2.75, 3.05) is 12.4 Å². The number of anilines is 1. The Morgan fingerprint density at radius 3 is 2.53 bits per heavy atom. The van der Waals surface area contributed by atoms with Crippen LogP contribution in [0, 0.1) is 10.1 Å². The van der Waals surface area contributed by atoms with E-state index in [0.717, 1.165) is 19.3 Å². The van der Waals surface area contributed by atoms with Crippen molar-refractivity contribution in [2.24, 2.45) is 0 Å². The Morgan fingerprint density at radius 2 is 2.05 bits per heavy atom. The fraction of sp³-hybridized carbons (Fsp3) is 0.455. The Labute approximate surface area is 111 Å². The molecule has 0 unspecified atom stereocenters. The highest BCUT2D eigenvalue weighted by atomic mass is 32.2. The lowest BCUT2D eigenvalue weighted by molar-refractivity contribution is -0.386. The summed E-state index contributed by atoms with van der Waals surface area (Å²) < 4.78 is 26.9. The van der Waals surface area contributed by atoms with E-state index in [0.29, 0.717) is 0 Å². The number of benzene rings is 1. The summed E-state index contributed by atoms with van der Waals surface area (Å²) in [4.78, 5) is 10.1. The van der Waals surface area contributed by atoms with Gasteiger partial charge in [0.25, 0.3) is 0 Å². The van der Waals surface area contributed by atoms with Gasteiger partial charge in [0.1, 0.15) is 5.69 Å². The second kappa shape index (κ2) is 5.14. The zero-order valence-electron chi connectivity index (χ0n) is 10.4.